The summed E-state index contributed by atoms with van der Waals surface area (Å²) in [6.45, 7) is 2.83. The Hall–Kier alpha value is -3.52. The number of anilines is 1. The average molecular weight is 451 g/mol. The van der Waals surface area contributed by atoms with Gasteiger partial charge in [-0.1, -0.05) is 23.8 Å². The number of rotatable bonds is 5. The molecule has 5 rings (SSSR count). The van der Waals surface area contributed by atoms with Gasteiger partial charge in [0.25, 0.3) is 15.9 Å². The normalized spacial score (nSPS) is 14.3. The highest BCUT2D eigenvalue weighted by molar-refractivity contribution is 7.92. The van der Waals surface area contributed by atoms with E-state index in [2.05, 4.69) is 5.32 Å². The van der Waals surface area contributed by atoms with Gasteiger partial charge < -0.3 is 14.8 Å². The van der Waals surface area contributed by atoms with E-state index in [0.717, 1.165) is 16.7 Å². The lowest BCUT2D eigenvalue weighted by Gasteiger charge is -2.20. The molecule has 0 saturated heterocycles. The number of hydrogen-bond donors (Lipinski definition) is 1. The SMILES string of the molecule is Cc1ccc(S(=O)(=O)N2CCc3cc(C(=O)NCc4ccc5c(c4)OCO5)ccc32)cc1. The lowest BCUT2D eigenvalue weighted by molar-refractivity contribution is 0.0950. The zero-order chi connectivity index (χ0) is 22.3. The van der Waals surface area contributed by atoms with E-state index in [0.29, 0.717) is 42.3 Å². The fourth-order valence-corrected chi connectivity index (χ4v) is 5.44. The van der Waals surface area contributed by atoms with Crippen molar-refractivity contribution >= 4 is 21.6 Å². The lowest BCUT2D eigenvalue weighted by Crippen LogP contribution is -2.29. The number of fused-ring (bicyclic) bond motifs is 2. The Labute approximate surface area is 186 Å². The maximum Gasteiger partial charge on any atom is 0.264 e. The summed E-state index contributed by atoms with van der Waals surface area (Å²) in [4.78, 5) is 12.9. The van der Waals surface area contributed by atoms with Gasteiger partial charge in [0, 0.05) is 18.7 Å². The van der Waals surface area contributed by atoms with Gasteiger partial charge in [-0.2, -0.15) is 0 Å². The first-order valence-corrected chi connectivity index (χ1v) is 11.7. The molecular weight excluding hydrogens is 428 g/mol. The molecule has 2 aliphatic rings. The van der Waals surface area contributed by atoms with Crippen molar-refractivity contribution < 1.29 is 22.7 Å². The van der Waals surface area contributed by atoms with Crippen LogP contribution < -0.4 is 19.1 Å². The molecule has 8 heteroatoms. The Morgan fingerprint density at radius 1 is 1.00 bits per heavy atom. The summed E-state index contributed by atoms with van der Waals surface area (Å²) in [6.07, 6.45) is 0.559. The standard InChI is InChI=1S/C24H22N2O5S/c1-16-2-6-20(7-3-16)32(28,29)26-11-10-18-13-19(5-8-21(18)26)24(27)25-14-17-4-9-22-23(12-17)31-15-30-22/h2-9,12-13H,10-11,14-15H2,1H3,(H,25,27). The summed E-state index contributed by atoms with van der Waals surface area (Å²) in [7, 11) is -3.64. The highest BCUT2D eigenvalue weighted by atomic mass is 32.2. The molecule has 1 N–H and O–H groups in total. The molecule has 1 amide bonds. The van der Waals surface area contributed by atoms with Gasteiger partial charge in [0.2, 0.25) is 6.79 Å². The molecular formula is C24H22N2O5S. The Balaban J connectivity index is 1.31. The number of amides is 1. The van der Waals surface area contributed by atoms with Crippen LogP contribution >= 0.6 is 0 Å². The largest absolute Gasteiger partial charge is 0.454 e. The van der Waals surface area contributed by atoms with Gasteiger partial charge in [-0.3, -0.25) is 9.10 Å². The molecule has 0 atom stereocenters. The number of benzene rings is 3. The first-order valence-electron chi connectivity index (χ1n) is 10.3. The van der Waals surface area contributed by atoms with Crippen LogP contribution in [0.5, 0.6) is 11.5 Å². The summed E-state index contributed by atoms with van der Waals surface area (Å²) in [5.74, 6) is 1.15. The minimum absolute atomic E-state index is 0.205. The Morgan fingerprint density at radius 3 is 2.59 bits per heavy atom. The number of ether oxygens (including phenoxy) is 2. The third-order valence-corrected chi connectivity index (χ3v) is 7.52. The van der Waals surface area contributed by atoms with Crippen molar-refractivity contribution in [1.82, 2.24) is 5.32 Å². The van der Waals surface area contributed by atoms with E-state index in [9.17, 15) is 13.2 Å². The number of nitrogens with zero attached hydrogens (tertiary/aromatic N) is 1. The monoisotopic (exact) mass is 450 g/mol. The Bertz CT molecular complexity index is 1300. The average Bonchev–Trinajstić information content (AvgIpc) is 3.44. The molecule has 0 fully saturated rings. The second-order valence-electron chi connectivity index (χ2n) is 7.85. The van der Waals surface area contributed by atoms with Crippen LogP contribution in [-0.4, -0.2) is 27.7 Å². The van der Waals surface area contributed by atoms with E-state index in [1.807, 2.05) is 25.1 Å². The molecule has 0 saturated carbocycles. The van der Waals surface area contributed by atoms with Crippen molar-refractivity contribution in [1.29, 1.82) is 0 Å². The van der Waals surface area contributed by atoms with Crippen molar-refractivity contribution in [3.8, 4) is 11.5 Å². The van der Waals surface area contributed by atoms with Gasteiger partial charge in [-0.25, -0.2) is 8.42 Å². The zero-order valence-corrected chi connectivity index (χ0v) is 18.3. The first-order chi connectivity index (χ1) is 15.4. The zero-order valence-electron chi connectivity index (χ0n) is 17.5. The van der Waals surface area contributed by atoms with E-state index in [1.54, 1.807) is 42.5 Å². The van der Waals surface area contributed by atoms with Crippen LogP contribution in [-0.2, 0) is 23.0 Å². The van der Waals surface area contributed by atoms with Crippen LogP contribution in [0.15, 0.2) is 65.6 Å². The Kier molecular flexibility index (Phi) is 5.01. The number of nitrogens with one attached hydrogen (secondary N) is 1. The van der Waals surface area contributed by atoms with Crippen LogP contribution in [0.25, 0.3) is 0 Å². The number of carbonyl (C=O) groups is 1. The summed E-state index contributed by atoms with van der Waals surface area (Å²) in [6, 6.07) is 17.5. The minimum Gasteiger partial charge on any atom is -0.454 e. The molecule has 3 aromatic carbocycles. The third kappa shape index (κ3) is 3.67. The van der Waals surface area contributed by atoms with Crippen LogP contribution in [0.1, 0.15) is 27.0 Å². The second kappa shape index (κ2) is 7.87. The Morgan fingerprint density at radius 2 is 1.78 bits per heavy atom. The number of aryl methyl sites for hydroxylation is 1. The molecule has 164 valence electrons. The topological polar surface area (TPSA) is 84.9 Å². The lowest BCUT2D eigenvalue weighted by atomic mass is 10.1. The van der Waals surface area contributed by atoms with Crippen molar-refractivity contribution in [3.05, 3.63) is 82.9 Å². The minimum atomic E-state index is -3.64. The number of hydrogen-bond acceptors (Lipinski definition) is 5. The quantitative estimate of drug-likeness (QED) is 0.644. The molecule has 7 nitrogen and oxygen atoms in total. The maximum atomic E-state index is 13.1. The smallest absolute Gasteiger partial charge is 0.264 e. The summed E-state index contributed by atoms with van der Waals surface area (Å²) < 4.78 is 38.3. The summed E-state index contributed by atoms with van der Waals surface area (Å²) >= 11 is 0. The van der Waals surface area contributed by atoms with Crippen LogP contribution in [0, 0.1) is 6.92 Å². The molecule has 32 heavy (non-hydrogen) atoms. The van der Waals surface area contributed by atoms with Crippen molar-refractivity contribution in [3.63, 3.8) is 0 Å². The van der Waals surface area contributed by atoms with Gasteiger partial charge in [0.1, 0.15) is 0 Å². The molecule has 2 aliphatic heterocycles. The summed E-state index contributed by atoms with van der Waals surface area (Å²) in [5, 5.41) is 2.90. The van der Waals surface area contributed by atoms with Gasteiger partial charge >= 0.3 is 0 Å². The van der Waals surface area contributed by atoms with Crippen molar-refractivity contribution in [2.45, 2.75) is 24.8 Å². The van der Waals surface area contributed by atoms with Gasteiger partial charge in [-0.05, 0) is 66.9 Å². The molecule has 3 aromatic rings. The highest BCUT2D eigenvalue weighted by Crippen LogP contribution is 2.34. The van der Waals surface area contributed by atoms with Crippen molar-refractivity contribution in [2.24, 2.45) is 0 Å². The maximum absolute atomic E-state index is 13.1. The molecule has 0 aromatic heterocycles. The summed E-state index contributed by atoms with van der Waals surface area (Å²) in [5.41, 5.74) is 3.87. The van der Waals surface area contributed by atoms with E-state index in [1.165, 1.54) is 4.31 Å². The van der Waals surface area contributed by atoms with Crippen LogP contribution in [0.2, 0.25) is 0 Å². The molecule has 0 bridgehead atoms. The van der Waals surface area contributed by atoms with E-state index >= 15 is 0 Å². The fraction of sp³-hybridized carbons (Fsp3) is 0.208. The number of sulfonamides is 1. The predicted octanol–water partition coefficient (Wildman–Crippen LogP) is 3.41. The fourth-order valence-electron chi connectivity index (χ4n) is 3.94. The van der Waals surface area contributed by atoms with Gasteiger partial charge in [0.15, 0.2) is 11.5 Å². The molecule has 0 spiro atoms. The third-order valence-electron chi connectivity index (χ3n) is 5.69. The molecule has 0 radical (unpaired) electrons. The van der Waals surface area contributed by atoms with E-state index < -0.39 is 10.0 Å². The van der Waals surface area contributed by atoms with E-state index in [4.69, 9.17) is 9.47 Å². The van der Waals surface area contributed by atoms with Crippen LogP contribution in [0.4, 0.5) is 5.69 Å². The molecule has 0 aliphatic carbocycles. The van der Waals surface area contributed by atoms with Crippen LogP contribution in [0.3, 0.4) is 0 Å². The van der Waals surface area contributed by atoms with E-state index in [-0.39, 0.29) is 17.6 Å². The predicted molar refractivity (Wildman–Crippen MR) is 120 cm³/mol. The molecule has 2 heterocycles. The molecule has 0 unspecified atom stereocenters. The van der Waals surface area contributed by atoms with Crippen molar-refractivity contribution in [2.75, 3.05) is 17.6 Å². The van der Waals surface area contributed by atoms with Gasteiger partial charge in [-0.15, -0.1) is 0 Å². The second-order valence-corrected chi connectivity index (χ2v) is 9.72. The first kappa shape index (κ1) is 20.4. The highest BCUT2D eigenvalue weighted by Gasteiger charge is 2.31. The van der Waals surface area contributed by atoms with Gasteiger partial charge in [0.05, 0.1) is 10.6 Å². The number of carbonyl (C=O) groups excluding carboxylic acids is 1.